The molecule has 30 heavy (non-hydrogen) atoms. The van der Waals surface area contributed by atoms with Gasteiger partial charge in [0, 0.05) is 16.9 Å². The molecule has 5 rings (SSSR count). The predicted molar refractivity (Wildman–Crippen MR) is 122 cm³/mol. The number of aryl methyl sites for hydroxylation is 1. The summed E-state index contributed by atoms with van der Waals surface area (Å²) >= 11 is 1.71. The molecule has 1 saturated carbocycles. The average Bonchev–Trinajstić information content (AvgIpc) is 3.29. The molecule has 2 heterocycles. The third-order valence-electron chi connectivity index (χ3n) is 5.82. The molecule has 152 valence electrons. The summed E-state index contributed by atoms with van der Waals surface area (Å²) < 4.78 is 6.03. The van der Waals surface area contributed by atoms with Crippen molar-refractivity contribution in [2.24, 2.45) is 0 Å². The van der Waals surface area contributed by atoms with Gasteiger partial charge in [-0.1, -0.05) is 55.7 Å². The highest BCUT2D eigenvalue weighted by atomic mass is 32.1. The largest absolute Gasteiger partial charge is 0.471 e. The summed E-state index contributed by atoms with van der Waals surface area (Å²) in [4.78, 5) is 14.6. The quantitative estimate of drug-likeness (QED) is 0.364. The van der Waals surface area contributed by atoms with Gasteiger partial charge in [0.25, 0.3) is 0 Å². The standard InChI is InChI=1S/C25H25N3OS/c1-17-24(29-15-18-9-4-2-5-10-18)28-23-20(13-8-14-21(23)26-17)25-27-22(16-30-25)19-11-6-3-7-12-19/h2,4-5,8-10,13-14,16,19H,3,6-7,11-12,15H2,1H3. The lowest BCUT2D eigenvalue weighted by molar-refractivity contribution is 0.291. The van der Waals surface area contributed by atoms with E-state index in [9.17, 15) is 0 Å². The van der Waals surface area contributed by atoms with Crippen LogP contribution in [0.15, 0.2) is 53.9 Å². The molecule has 0 amide bonds. The second kappa shape index (κ2) is 8.52. The van der Waals surface area contributed by atoms with Gasteiger partial charge < -0.3 is 4.74 Å². The van der Waals surface area contributed by atoms with Crippen molar-refractivity contribution in [3.8, 4) is 16.5 Å². The number of nitrogens with zero attached hydrogens (tertiary/aromatic N) is 3. The lowest BCUT2D eigenvalue weighted by Crippen LogP contribution is -2.04. The number of benzene rings is 2. The Hall–Kier alpha value is -2.79. The van der Waals surface area contributed by atoms with E-state index in [-0.39, 0.29) is 0 Å². The van der Waals surface area contributed by atoms with E-state index in [1.54, 1.807) is 11.3 Å². The highest BCUT2D eigenvalue weighted by Gasteiger charge is 2.20. The lowest BCUT2D eigenvalue weighted by atomic mass is 9.87. The van der Waals surface area contributed by atoms with Crippen LogP contribution in [0.4, 0.5) is 0 Å². The van der Waals surface area contributed by atoms with Gasteiger partial charge in [-0.3, -0.25) is 0 Å². The Morgan fingerprint density at radius 3 is 2.60 bits per heavy atom. The number of rotatable bonds is 5. The molecule has 0 N–H and O–H groups in total. The number of hydrogen-bond acceptors (Lipinski definition) is 5. The van der Waals surface area contributed by atoms with Gasteiger partial charge in [0.2, 0.25) is 5.88 Å². The Labute approximate surface area is 181 Å². The van der Waals surface area contributed by atoms with Crippen LogP contribution < -0.4 is 4.74 Å². The molecule has 4 nitrogen and oxygen atoms in total. The maximum Gasteiger partial charge on any atom is 0.236 e. The maximum absolute atomic E-state index is 6.03. The minimum Gasteiger partial charge on any atom is -0.471 e. The molecule has 0 saturated heterocycles. The fraction of sp³-hybridized carbons (Fsp3) is 0.320. The van der Waals surface area contributed by atoms with Gasteiger partial charge in [-0.25, -0.2) is 15.0 Å². The van der Waals surface area contributed by atoms with E-state index < -0.39 is 0 Å². The van der Waals surface area contributed by atoms with Gasteiger partial charge in [-0.15, -0.1) is 11.3 Å². The zero-order valence-corrected chi connectivity index (χ0v) is 18.0. The zero-order valence-electron chi connectivity index (χ0n) is 17.2. The van der Waals surface area contributed by atoms with Crippen LogP contribution in [0, 0.1) is 6.92 Å². The van der Waals surface area contributed by atoms with Crippen molar-refractivity contribution < 1.29 is 4.74 Å². The Morgan fingerprint density at radius 2 is 1.77 bits per heavy atom. The molecular formula is C25H25N3OS. The van der Waals surface area contributed by atoms with Crippen molar-refractivity contribution >= 4 is 22.4 Å². The van der Waals surface area contributed by atoms with Crippen molar-refractivity contribution in [2.75, 3.05) is 0 Å². The lowest BCUT2D eigenvalue weighted by Gasteiger charge is -2.19. The number of hydrogen-bond donors (Lipinski definition) is 0. The summed E-state index contributed by atoms with van der Waals surface area (Å²) in [5.74, 6) is 1.19. The van der Waals surface area contributed by atoms with Gasteiger partial charge >= 0.3 is 0 Å². The summed E-state index contributed by atoms with van der Waals surface area (Å²) in [6.45, 7) is 2.43. The van der Waals surface area contributed by atoms with Gasteiger partial charge in [-0.05, 0) is 37.5 Å². The Morgan fingerprint density at radius 1 is 0.933 bits per heavy atom. The molecule has 1 aliphatic rings. The van der Waals surface area contributed by atoms with Crippen LogP contribution in [0.25, 0.3) is 21.6 Å². The van der Waals surface area contributed by atoms with E-state index in [4.69, 9.17) is 19.7 Å². The smallest absolute Gasteiger partial charge is 0.236 e. The molecule has 1 fully saturated rings. The first-order chi connectivity index (χ1) is 14.8. The van der Waals surface area contributed by atoms with E-state index in [0.717, 1.165) is 32.9 Å². The maximum atomic E-state index is 6.03. The first kappa shape index (κ1) is 19.2. The summed E-state index contributed by atoms with van der Waals surface area (Å²) in [5, 5.41) is 3.26. The second-order valence-electron chi connectivity index (χ2n) is 7.97. The molecule has 0 bridgehead atoms. The van der Waals surface area contributed by atoms with E-state index in [0.29, 0.717) is 18.4 Å². The molecule has 2 aromatic heterocycles. The molecule has 4 aromatic rings. The topological polar surface area (TPSA) is 47.9 Å². The van der Waals surface area contributed by atoms with E-state index in [1.165, 1.54) is 37.8 Å². The van der Waals surface area contributed by atoms with Gasteiger partial charge in [0.15, 0.2) is 0 Å². The number of fused-ring (bicyclic) bond motifs is 1. The summed E-state index contributed by atoms with van der Waals surface area (Å²) in [7, 11) is 0. The Kier molecular flexibility index (Phi) is 5.45. The molecule has 0 aliphatic heterocycles. The summed E-state index contributed by atoms with van der Waals surface area (Å²) in [6, 6.07) is 16.3. The second-order valence-corrected chi connectivity index (χ2v) is 8.83. The Bertz CT molecular complexity index is 1150. The van der Waals surface area contributed by atoms with Crippen molar-refractivity contribution in [1.29, 1.82) is 0 Å². The zero-order chi connectivity index (χ0) is 20.3. The average molecular weight is 416 g/mol. The van der Waals surface area contributed by atoms with Crippen LogP contribution in [0.1, 0.15) is 55.0 Å². The highest BCUT2D eigenvalue weighted by Crippen LogP contribution is 2.37. The minimum atomic E-state index is 0.479. The molecule has 0 unspecified atom stereocenters. The van der Waals surface area contributed by atoms with Gasteiger partial charge in [0.1, 0.15) is 22.8 Å². The van der Waals surface area contributed by atoms with Crippen molar-refractivity contribution in [3.05, 3.63) is 70.9 Å². The van der Waals surface area contributed by atoms with Crippen LogP contribution in [0.2, 0.25) is 0 Å². The SMILES string of the molecule is Cc1nc2cccc(-c3nc(C4CCCCC4)cs3)c2nc1OCc1ccccc1. The summed E-state index contributed by atoms with van der Waals surface area (Å²) in [6.07, 6.45) is 6.51. The van der Waals surface area contributed by atoms with E-state index in [2.05, 4.69) is 23.6 Å². The van der Waals surface area contributed by atoms with Crippen LogP contribution in [0.5, 0.6) is 5.88 Å². The molecule has 0 spiro atoms. The third kappa shape index (κ3) is 3.94. The van der Waals surface area contributed by atoms with Crippen LogP contribution >= 0.6 is 11.3 Å². The minimum absolute atomic E-state index is 0.479. The molecule has 0 radical (unpaired) electrons. The number of aromatic nitrogens is 3. The van der Waals surface area contributed by atoms with Crippen LogP contribution in [-0.2, 0) is 6.61 Å². The van der Waals surface area contributed by atoms with E-state index >= 15 is 0 Å². The monoisotopic (exact) mass is 415 g/mol. The first-order valence-corrected chi connectivity index (χ1v) is 11.6. The number of para-hydroxylation sites is 1. The number of thiazole rings is 1. The van der Waals surface area contributed by atoms with Gasteiger partial charge in [-0.2, -0.15) is 0 Å². The van der Waals surface area contributed by atoms with Crippen molar-refractivity contribution in [1.82, 2.24) is 15.0 Å². The fourth-order valence-corrected chi connectivity index (χ4v) is 5.11. The Balaban J connectivity index is 1.47. The first-order valence-electron chi connectivity index (χ1n) is 10.7. The molecule has 0 atom stereocenters. The fourth-order valence-electron chi connectivity index (χ4n) is 4.18. The van der Waals surface area contributed by atoms with E-state index in [1.807, 2.05) is 37.3 Å². The van der Waals surface area contributed by atoms with Crippen molar-refractivity contribution in [2.45, 2.75) is 51.6 Å². The third-order valence-corrected chi connectivity index (χ3v) is 6.71. The van der Waals surface area contributed by atoms with Crippen LogP contribution in [-0.4, -0.2) is 15.0 Å². The summed E-state index contributed by atoms with van der Waals surface area (Å²) in [5.41, 5.74) is 5.94. The van der Waals surface area contributed by atoms with Crippen LogP contribution in [0.3, 0.4) is 0 Å². The predicted octanol–water partition coefficient (Wildman–Crippen LogP) is 6.69. The number of ether oxygens (including phenoxy) is 1. The molecule has 5 heteroatoms. The van der Waals surface area contributed by atoms with Crippen molar-refractivity contribution in [3.63, 3.8) is 0 Å². The highest BCUT2D eigenvalue weighted by molar-refractivity contribution is 7.13. The molecular weight excluding hydrogens is 390 g/mol. The van der Waals surface area contributed by atoms with Gasteiger partial charge in [0.05, 0.1) is 11.2 Å². The molecule has 2 aromatic carbocycles. The normalized spacial score (nSPS) is 14.8. The molecule has 1 aliphatic carbocycles.